The molecule has 516 valence electrons. The van der Waals surface area contributed by atoms with Crippen LogP contribution in [-0.2, 0) is 47.4 Å². The van der Waals surface area contributed by atoms with Gasteiger partial charge in [-0.05, 0) is 99.7 Å². The van der Waals surface area contributed by atoms with Gasteiger partial charge in [-0.15, -0.1) is 0 Å². The van der Waals surface area contributed by atoms with Gasteiger partial charge in [-0.3, -0.25) is 0 Å². The molecule has 5 saturated heterocycles. The maximum absolute atomic E-state index is 12.8. The van der Waals surface area contributed by atoms with E-state index in [2.05, 4.69) is 33.8 Å². The molecule has 4 aliphatic carbocycles. The lowest BCUT2D eigenvalue weighted by molar-refractivity contribution is -0.380. The molecule has 19 N–H and O–H groups in total. The molecule has 0 bridgehead atoms. The normalized spacial score (nSPS) is 51.8. The second-order valence-corrected chi connectivity index (χ2v) is 28.7. The van der Waals surface area contributed by atoms with Gasteiger partial charge in [0.15, 0.2) is 31.5 Å². The Morgan fingerprint density at radius 1 is 0.517 bits per heavy atom. The molecule has 89 heavy (non-hydrogen) atoms. The summed E-state index contributed by atoms with van der Waals surface area (Å²) in [6, 6.07) is 0. The van der Waals surface area contributed by atoms with Crippen molar-refractivity contribution in [2.75, 3.05) is 33.0 Å². The third-order valence-corrected chi connectivity index (χ3v) is 22.9. The smallest absolute Gasteiger partial charge is 0.187 e. The van der Waals surface area contributed by atoms with Crippen molar-refractivity contribution in [2.45, 2.75) is 284 Å². The van der Waals surface area contributed by atoms with Gasteiger partial charge < -0.3 is 144 Å². The van der Waals surface area contributed by atoms with E-state index in [1.54, 1.807) is 0 Å². The van der Waals surface area contributed by atoms with Crippen LogP contribution in [-0.4, -0.2) is 308 Å². The van der Waals surface area contributed by atoms with Crippen molar-refractivity contribution in [3.63, 3.8) is 0 Å². The second-order valence-electron chi connectivity index (χ2n) is 28.7. The first-order valence-electron chi connectivity index (χ1n) is 31.6. The first-order valence-corrected chi connectivity index (χ1v) is 31.6. The minimum Gasteiger partial charge on any atom is -0.394 e. The van der Waals surface area contributed by atoms with Gasteiger partial charge in [-0.25, -0.2) is 0 Å². The van der Waals surface area contributed by atoms with Crippen molar-refractivity contribution in [1.82, 2.24) is 0 Å². The van der Waals surface area contributed by atoms with Crippen molar-refractivity contribution in [3.05, 3.63) is 11.6 Å². The van der Waals surface area contributed by atoms with E-state index in [1.807, 2.05) is 13.8 Å². The van der Waals surface area contributed by atoms with E-state index in [0.29, 0.717) is 32.1 Å². The molecule has 29 nitrogen and oxygen atoms in total. The SMILES string of the molecule is C[C@H](CC[C@@H](O[C@@H]1O[C@H](CO[C@@H]2O[C@H](CO)[C@@H](O)[C@H](O)[C@H]2O)[C@@H](O)[C@H](O)[C@H]1O[C@H]1O[C@@H](CO)[C@H](O)[C@@H](O)[C@@H]1O)C(C)(C)O)C1CC[C@@]2(C)C3CC=C4C(CC[C@H](O[C@@H]5O[C@H](CO)[C@@H](O[C@@H]6O[C@H](CO)[C@@H](O)[C@H](O)[C@H]6O)[C@H](O)[C@H]5O)C4(C)C)[C@]3(C)[C@H](O)C[C@]12C. The van der Waals surface area contributed by atoms with Crippen LogP contribution in [0.4, 0.5) is 0 Å². The summed E-state index contributed by atoms with van der Waals surface area (Å²) in [7, 11) is 0. The van der Waals surface area contributed by atoms with E-state index in [9.17, 15) is 97.0 Å². The Hall–Kier alpha value is -1.42. The highest BCUT2D eigenvalue weighted by Gasteiger charge is 2.71. The molecule has 5 aliphatic heterocycles. The Labute approximate surface area is 517 Å². The van der Waals surface area contributed by atoms with Crippen molar-refractivity contribution in [3.8, 4) is 0 Å². The van der Waals surface area contributed by atoms with Crippen molar-refractivity contribution >= 4 is 0 Å². The van der Waals surface area contributed by atoms with Crippen molar-refractivity contribution in [2.24, 2.45) is 45.3 Å². The molecule has 9 rings (SSSR count). The van der Waals surface area contributed by atoms with E-state index in [1.165, 1.54) is 13.8 Å². The Kier molecular flexibility index (Phi) is 22.3. The summed E-state index contributed by atoms with van der Waals surface area (Å²) in [5, 5.41) is 205. The number of fused-ring (bicyclic) bond motifs is 5. The van der Waals surface area contributed by atoms with Crippen LogP contribution in [0.1, 0.15) is 107 Å². The zero-order chi connectivity index (χ0) is 65.5. The molecular formula is C60H102O29. The molecule has 5 heterocycles. The van der Waals surface area contributed by atoms with E-state index >= 15 is 0 Å². The molecule has 29 heteroatoms. The van der Waals surface area contributed by atoms with Gasteiger partial charge in [0, 0.05) is 10.8 Å². The Balaban J connectivity index is 0.884. The third kappa shape index (κ3) is 13.0. The topological polar surface area (TPSA) is 477 Å². The molecule has 3 saturated carbocycles. The summed E-state index contributed by atoms with van der Waals surface area (Å²) < 4.78 is 59.5. The van der Waals surface area contributed by atoms with Crippen LogP contribution in [0.5, 0.6) is 0 Å². The van der Waals surface area contributed by atoms with E-state index in [4.69, 9.17) is 47.4 Å². The molecule has 8 fully saturated rings. The standard InChI is InChI=1S/C60H102O29/c1-23(9-13-35(57(4,5)79)87-55-50(89-54-47(77)42(72)38(68)29(20-63)83-54)43(73)39(69)31(85-55)22-80-51-45(75)40(70)36(66)27(18-61)81-51)24-15-16-58(6)32-12-10-25-26(60(32,8)33(65)17-59(24,58)7)11-14-34(56(25,2)3)86-52-48(78)44(74)49(30(21-64)84-52)88-53-46(76)41(71)37(67)28(19-62)82-53/h10,23-24,26-55,61-79H,9,11-22H2,1-8H3/t23-,24?,26?,27-,28-,29+,30-,31-,32?,33-,34+,35-,36-,37-,38+,39-,40+,41+,42-,43+,44-,45-,46-,47+,48-,49-,50-,51-,52+,53+,54-,55+,58+,59-,60+/m1/s1. The van der Waals surface area contributed by atoms with Gasteiger partial charge in [-0.2, -0.15) is 0 Å². The average Bonchev–Trinajstić information content (AvgIpc) is 1.66. The molecule has 9 aliphatic rings. The maximum Gasteiger partial charge on any atom is 0.187 e. The van der Waals surface area contributed by atoms with E-state index in [0.717, 1.165) is 18.4 Å². The molecule has 0 aromatic heterocycles. The minimum absolute atomic E-state index is 0.0310. The number of ether oxygens (including phenoxy) is 10. The van der Waals surface area contributed by atoms with Crippen LogP contribution in [0.25, 0.3) is 0 Å². The lowest BCUT2D eigenvalue weighted by Crippen LogP contribution is -2.66. The summed E-state index contributed by atoms with van der Waals surface area (Å²) in [5.74, 6) is -0.0172. The molecule has 3 unspecified atom stereocenters. The van der Waals surface area contributed by atoms with Gasteiger partial charge in [-0.1, -0.05) is 53.2 Å². The van der Waals surface area contributed by atoms with Gasteiger partial charge in [0.2, 0.25) is 0 Å². The predicted molar refractivity (Wildman–Crippen MR) is 300 cm³/mol. The Bertz CT molecular complexity index is 2340. The summed E-state index contributed by atoms with van der Waals surface area (Å²) in [4.78, 5) is 0. The third-order valence-electron chi connectivity index (χ3n) is 22.9. The summed E-state index contributed by atoms with van der Waals surface area (Å²) in [6.45, 7) is 12.3. The van der Waals surface area contributed by atoms with E-state index in [-0.39, 0.29) is 35.5 Å². The summed E-state index contributed by atoms with van der Waals surface area (Å²) >= 11 is 0. The Morgan fingerprint density at radius 2 is 0.978 bits per heavy atom. The van der Waals surface area contributed by atoms with Crippen LogP contribution in [0.15, 0.2) is 11.6 Å². The van der Waals surface area contributed by atoms with Crippen LogP contribution in [0.3, 0.4) is 0 Å². The van der Waals surface area contributed by atoms with Crippen LogP contribution in [0, 0.1) is 45.3 Å². The van der Waals surface area contributed by atoms with Crippen molar-refractivity contribution in [1.29, 1.82) is 0 Å². The van der Waals surface area contributed by atoms with Crippen LogP contribution >= 0.6 is 0 Å². The van der Waals surface area contributed by atoms with E-state index < -0.39 is 227 Å². The highest BCUT2D eigenvalue weighted by molar-refractivity contribution is 5.32. The van der Waals surface area contributed by atoms with Gasteiger partial charge in [0.1, 0.15) is 122 Å². The highest BCUT2D eigenvalue weighted by Crippen LogP contribution is 2.75. The highest BCUT2D eigenvalue weighted by atomic mass is 16.8. The molecule has 0 radical (unpaired) electrons. The minimum atomic E-state index is -1.96. The van der Waals surface area contributed by atoms with Crippen molar-refractivity contribution < 1.29 is 144 Å². The molecule has 0 aromatic carbocycles. The fourth-order valence-corrected chi connectivity index (χ4v) is 17.1. The zero-order valence-electron chi connectivity index (χ0n) is 51.8. The Morgan fingerprint density at radius 3 is 1.52 bits per heavy atom. The molecule has 0 amide bonds. The number of rotatable bonds is 20. The van der Waals surface area contributed by atoms with Gasteiger partial charge in [0.25, 0.3) is 0 Å². The quantitative estimate of drug-likeness (QED) is 0.0506. The maximum atomic E-state index is 12.8. The lowest BCUT2D eigenvalue weighted by Gasteiger charge is -2.67. The first-order chi connectivity index (χ1) is 41.7. The summed E-state index contributed by atoms with van der Waals surface area (Å²) in [6.07, 6.45) is -37.7. The lowest BCUT2D eigenvalue weighted by atomic mass is 9.38. The summed E-state index contributed by atoms with van der Waals surface area (Å²) in [5.41, 5.74) is -2.49. The molecule has 0 aromatic rings. The van der Waals surface area contributed by atoms with Gasteiger partial charge in [0.05, 0.1) is 56.9 Å². The number of aliphatic hydroxyl groups is 19. The van der Waals surface area contributed by atoms with Crippen LogP contribution in [0.2, 0.25) is 0 Å². The zero-order valence-corrected chi connectivity index (χ0v) is 51.8. The average molecular weight is 1290 g/mol. The molecule has 0 spiro atoms. The molecule has 35 atom stereocenters. The predicted octanol–water partition coefficient (Wildman–Crippen LogP) is -5.41. The van der Waals surface area contributed by atoms with Crippen LogP contribution < -0.4 is 0 Å². The number of aliphatic hydroxyl groups excluding tert-OH is 18. The second kappa shape index (κ2) is 27.6. The fourth-order valence-electron chi connectivity index (χ4n) is 17.1. The largest absolute Gasteiger partial charge is 0.394 e. The molecular weight excluding hydrogens is 1180 g/mol. The number of allylic oxidation sites excluding steroid dienone is 1. The first kappa shape index (κ1) is 71.9. The number of hydrogen-bond donors (Lipinski definition) is 19. The van der Waals surface area contributed by atoms with Gasteiger partial charge >= 0.3 is 0 Å². The monoisotopic (exact) mass is 1290 g/mol. The fraction of sp³-hybridized carbons (Fsp3) is 0.967. The number of hydrogen-bond acceptors (Lipinski definition) is 29.